The minimum absolute atomic E-state index is 0.00901. The van der Waals surface area contributed by atoms with E-state index in [9.17, 15) is 34.8 Å². The average molecular weight is 690 g/mol. The van der Waals surface area contributed by atoms with Crippen molar-refractivity contribution in [2.24, 2.45) is 0 Å². The van der Waals surface area contributed by atoms with Crippen LogP contribution >= 0.6 is 0 Å². The summed E-state index contributed by atoms with van der Waals surface area (Å²) in [5.41, 5.74) is 2.43. The molecule has 12 nitrogen and oxygen atoms in total. The Morgan fingerprint density at radius 3 is 2.62 bits per heavy atom. The summed E-state index contributed by atoms with van der Waals surface area (Å²) in [6.07, 6.45) is 3.30. The highest BCUT2D eigenvalue weighted by Gasteiger charge is 2.46. The predicted molar refractivity (Wildman–Crippen MR) is 182 cm³/mol. The van der Waals surface area contributed by atoms with Crippen LogP contribution in [0.4, 0.5) is 0 Å². The number of ether oxygens (including phenoxy) is 4. The van der Waals surface area contributed by atoms with Crippen LogP contribution in [0.15, 0.2) is 47.4 Å². The third kappa shape index (κ3) is 6.44. The van der Waals surface area contributed by atoms with Crippen molar-refractivity contribution >= 4 is 34.5 Å². The van der Waals surface area contributed by atoms with Crippen LogP contribution in [0.25, 0.3) is 16.5 Å². The zero-order valence-electron chi connectivity index (χ0n) is 28.3. The predicted octanol–water partition coefficient (Wildman–Crippen LogP) is 3.95. The lowest BCUT2D eigenvalue weighted by atomic mass is 9.75. The van der Waals surface area contributed by atoms with Gasteiger partial charge in [-0.2, -0.15) is 0 Å². The van der Waals surface area contributed by atoms with Gasteiger partial charge in [-0.1, -0.05) is 11.6 Å². The van der Waals surface area contributed by atoms with E-state index in [1.54, 1.807) is 13.8 Å². The summed E-state index contributed by atoms with van der Waals surface area (Å²) in [6.45, 7) is 2.47. The SMILES string of the molecule is CCOC(=O)C1=C(C=O)/C(=C2\CCC(=O)[C@H](c3ccc4[nH]ccc4c3)C2)c2c(OCCCO)c3c(c(CO)c2O1)O[C@H]([C@](C)(O)CCCO)C3. The van der Waals surface area contributed by atoms with Crippen LogP contribution in [0.5, 0.6) is 17.2 Å². The molecule has 3 heterocycles. The summed E-state index contributed by atoms with van der Waals surface area (Å²) in [4.78, 5) is 43.1. The zero-order valence-corrected chi connectivity index (χ0v) is 28.3. The molecule has 3 atom stereocenters. The van der Waals surface area contributed by atoms with Crippen LogP contribution in [0.3, 0.4) is 0 Å². The fourth-order valence-corrected chi connectivity index (χ4v) is 7.28. The largest absolute Gasteiger partial charge is 0.492 e. The van der Waals surface area contributed by atoms with E-state index in [2.05, 4.69) is 4.98 Å². The first-order valence-corrected chi connectivity index (χ1v) is 17.1. The molecule has 0 unspecified atom stereocenters. The number of fused-ring (bicyclic) bond motifs is 3. The van der Waals surface area contributed by atoms with Gasteiger partial charge in [0.05, 0.1) is 42.1 Å². The third-order valence-electron chi connectivity index (χ3n) is 9.83. The number of aliphatic hydroxyl groups is 4. The molecule has 0 radical (unpaired) electrons. The highest BCUT2D eigenvalue weighted by Crippen LogP contribution is 2.56. The van der Waals surface area contributed by atoms with Crippen molar-refractivity contribution in [3.63, 3.8) is 0 Å². The third-order valence-corrected chi connectivity index (χ3v) is 9.83. The average Bonchev–Trinajstić information content (AvgIpc) is 3.78. The molecule has 1 aromatic heterocycles. The number of benzene rings is 2. The maximum Gasteiger partial charge on any atom is 0.375 e. The smallest absolute Gasteiger partial charge is 0.375 e. The second-order valence-electron chi connectivity index (χ2n) is 13.1. The van der Waals surface area contributed by atoms with Crippen molar-refractivity contribution in [1.82, 2.24) is 4.98 Å². The van der Waals surface area contributed by atoms with Gasteiger partial charge in [0.1, 0.15) is 29.1 Å². The molecule has 1 saturated carbocycles. The molecule has 266 valence electrons. The summed E-state index contributed by atoms with van der Waals surface area (Å²) in [7, 11) is 0. The van der Waals surface area contributed by atoms with Gasteiger partial charge in [-0.15, -0.1) is 0 Å². The van der Waals surface area contributed by atoms with Crippen molar-refractivity contribution in [2.45, 2.75) is 83.0 Å². The molecule has 2 aromatic carbocycles. The topological polar surface area (TPSA) is 185 Å². The Labute approximate surface area is 289 Å². The number of aliphatic hydroxyl groups excluding tert-OH is 3. The second kappa shape index (κ2) is 14.8. The van der Waals surface area contributed by atoms with Gasteiger partial charge in [-0.25, -0.2) is 4.79 Å². The first-order valence-electron chi connectivity index (χ1n) is 17.1. The number of carbonyl (C=O) groups is 3. The quantitative estimate of drug-likeness (QED) is 0.0995. The van der Waals surface area contributed by atoms with E-state index in [1.807, 2.05) is 30.5 Å². The van der Waals surface area contributed by atoms with Crippen molar-refractivity contribution in [2.75, 3.05) is 26.4 Å². The van der Waals surface area contributed by atoms with Gasteiger partial charge in [-0.05, 0) is 68.7 Å². The molecule has 1 fully saturated rings. The van der Waals surface area contributed by atoms with E-state index in [1.165, 1.54) is 0 Å². The number of esters is 1. The fourth-order valence-electron chi connectivity index (χ4n) is 7.28. The van der Waals surface area contributed by atoms with Crippen LogP contribution in [0.1, 0.15) is 80.5 Å². The maximum atomic E-state index is 13.5. The van der Waals surface area contributed by atoms with Gasteiger partial charge in [0.2, 0.25) is 5.76 Å². The fraction of sp³-hybridized carbons (Fsp3) is 0.447. The van der Waals surface area contributed by atoms with Crippen LogP contribution in [-0.2, 0) is 32.1 Å². The standard InChI is InChI=1S/C38H43NO11/c1-3-47-37(45)36-26(19-42)31(23-7-9-29(44)24(17-23)21-6-8-28-22(16-21)10-12-39-28)32-34(48-15-5-14-41)25-18-30(38(2,46)11-4-13-40)49-33(25)27(20-43)35(32)50-36/h6,8,10,12,16,19,24,30,39-41,43,46H,3-5,7,9,11,13-15,17-18,20H2,1-2H3/b31-23-/t24-,30-,38+/m0/s1. The number of aldehydes is 1. The summed E-state index contributed by atoms with van der Waals surface area (Å²) in [6, 6.07) is 7.74. The number of allylic oxidation sites excluding steroid dienone is 3. The lowest BCUT2D eigenvalue weighted by Crippen LogP contribution is -2.42. The van der Waals surface area contributed by atoms with Gasteiger partial charge in [-0.3, -0.25) is 9.59 Å². The number of Topliss-reactive ketones (excluding diaryl/α,β-unsaturated/α-hetero) is 1. The number of aromatic nitrogens is 1. The van der Waals surface area contributed by atoms with Crippen LogP contribution in [0, 0.1) is 0 Å². The van der Waals surface area contributed by atoms with Gasteiger partial charge in [0, 0.05) is 61.2 Å². The van der Waals surface area contributed by atoms with E-state index in [0.29, 0.717) is 35.8 Å². The molecule has 0 saturated heterocycles. The Kier molecular flexibility index (Phi) is 10.4. The van der Waals surface area contributed by atoms with Gasteiger partial charge < -0.3 is 44.4 Å². The van der Waals surface area contributed by atoms with Crippen LogP contribution < -0.4 is 14.2 Å². The van der Waals surface area contributed by atoms with Crippen LogP contribution in [-0.4, -0.2) is 81.6 Å². The highest BCUT2D eigenvalue weighted by atomic mass is 16.6. The number of carbonyl (C=O) groups excluding carboxylic acids is 3. The van der Waals surface area contributed by atoms with Gasteiger partial charge >= 0.3 is 5.97 Å². The molecule has 5 N–H and O–H groups in total. The molecule has 6 rings (SSSR count). The zero-order chi connectivity index (χ0) is 35.6. The van der Waals surface area contributed by atoms with Crippen LogP contribution in [0.2, 0.25) is 0 Å². The van der Waals surface area contributed by atoms with Crippen molar-refractivity contribution < 1.29 is 53.8 Å². The molecular formula is C38H43NO11. The Balaban J connectivity index is 1.59. The van der Waals surface area contributed by atoms with Gasteiger partial charge in [0.25, 0.3) is 0 Å². The maximum absolute atomic E-state index is 13.5. The summed E-state index contributed by atoms with van der Waals surface area (Å²) < 4.78 is 24.2. The Bertz CT molecular complexity index is 1870. The number of hydrogen-bond acceptors (Lipinski definition) is 11. The molecule has 0 amide bonds. The first kappa shape index (κ1) is 35.3. The highest BCUT2D eigenvalue weighted by molar-refractivity contribution is 6.11. The van der Waals surface area contributed by atoms with Crippen molar-refractivity contribution in [1.29, 1.82) is 0 Å². The normalized spacial score (nSPS) is 21.3. The number of rotatable bonds is 13. The van der Waals surface area contributed by atoms with E-state index in [4.69, 9.17) is 18.9 Å². The Morgan fingerprint density at radius 1 is 1.10 bits per heavy atom. The number of hydrogen-bond donors (Lipinski definition) is 5. The number of H-pyrrole nitrogens is 1. The number of nitrogens with one attached hydrogen (secondary N) is 1. The Hall–Kier alpha value is -4.49. The molecule has 50 heavy (non-hydrogen) atoms. The van der Waals surface area contributed by atoms with E-state index in [-0.39, 0.29) is 98.5 Å². The lowest BCUT2D eigenvalue weighted by molar-refractivity contribution is -0.141. The van der Waals surface area contributed by atoms with Crippen molar-refractivity contribution in [3.8, 4) is 17.2 Å². The molecule has 2 aliphatic heterocycles. The minimum Gasteiger partial charge on any atom is -0.492 e. The van der Waals surface area contributed by atoms with Gasteiger partial charge in [0.15, 0.2) is 6.29 Å². The summed E-state index contributed by atoms with van der Waals surface area (Å²) in [5, 5.41) is 42.3. The molecule has 1 aliphatic carbocycles. The molecular weight excluding hydrogens is 646 g/mol. The van der Waals surface area contributed by atoms with E-state index >= 15 is 0 Å². The second-order valence-corrected chi connectivity index (χ2v) is 13.1. The summed E-state index contributed by atoms with van der Waals surface area (Å²) >= 11 is 0. The molecule has 12 heteroatoms. The Morgan fingerprint density at radius 2 is 1.90 bits per heavy atom. The van der Waals surface area contributed by atoms with E-state index in [0.717, 1.165) is 22.0 Å². The van der Waals surface area contributed by atoms with E-state index < -0.39 is 30.2 Å². The molecule has 0 spiro atoms. The number of ketones is 1. The van der Waals surface area contributed by atoms with Crippen molar-refractivity contribution in [3.05, 3.63) is 69.6 Å². The molecule has 3 aromatic rings. The molecule has 3 aliphatic rings. The lowest BCUT2D eigenvalue weighted by Gasteiger charge is -2.32. The summed E-state index contributed by atoms with van der Waals surface area (Å²) in [5.74, 6) is -1.19. The monoisotopic (exact) mass is 689 g/mol. The minimum atomic E-state index is -1.38. The molecule has 0 bridgehead atoms. The first-order chi connectivity index (χ1) is 24.2. The number of aromatic amines is 1.